The highest BCUT2D eigenvalue weighted by molar-refractivity contribution is 5.65. The van der Waals surface area contributed by atoms with Gasteiger partial charge in [0.05, 0.1) is 7.11 Å². The Morgan fingerprint density at radius 2 is 2.00 bits per heavy atom. The van der Waals surface area contributed by atoms with E-state index in [0.29, 0.717) is 0 Å². The van der Waals surface area contributed by atoms with Crippen LogP contribution in [0.5, 0.6) is 5.75 Å². The number of methoxy groups -OCH3 is 1. The Hall–Kier alpha value is -1.94. The van der Waals surface area contributed by atoms with Crippen molar-refractivity contribution in [1.82, 2.24) is 0 Å². The summed E-state index contributed by atoms with van der Waals surface area (Å²) in [7, 11) is 1.70. The van der Waals surface area contributed by atoms with Crippen LogP contribution >= 0.6 is 0 Å². The van der Waals surface area contributed by atoms with E-state index in [9.17, 15) is 0 Å². The molecule has 0 heterocycles. The Balaban J connectivity index is 2.22. The first-order chi connectivity index (χ1) is 9.40. The Morgan fingerprint density at radius 3 is 2.65 bits per heavy atom. The van der Waals surface area contributed by atoms with Gasteiger partial charge in [-0.25, -0.2) is 0 Å². The predicted octanol–water partition coefficient (Wildman–Crippen LogP) is 4.63. The van der Waals surface area contributed by atoms with E-state index in [-0.39, 0.29) is 5.41 Å². The van der Waals surface area contributed by atoms with Gasteiger partial charge in [0.1, 0.15) is 5.75 Å². The fourth-order valence-corrected chi connectivity index (χ4v) is 2.04. The van der Waals surface area contributed by atoms with Crippen molar-refractivity contribution in [2.24, 2.45) is 5.41 Å². The van der Waals surface area contributed by atoms with Crippen LogP contribution in [0.2, 0.25) is 0 Å². The van der Waals surface area contributed by atoms with Crippen LogP contribution in [0, 0.1) is 17.3 Å². The lowest BCUT2D eigenvalue weighted by Crippen LogP contribution is -2.06. The number of ether oxygens (including phenoxy) is 1. The molecule has 0 fully saturated rings. The van der Waals surface area contributed by atoms with E-state index >= 15 is 0 Å². The third-order valence-corrected chi connectivity index (χ3v) is 3.62. The minimum absolute atomic E-state index is 0.0491. The molecule has 0 radical (unpaired) electrons. The molecule has 20 heavy (non-hydrogen) atoms. The number of hydrogen-bond acceptors (Lipinski definition) is 1. The molecule has 1 aliphatic carbocycles. The topological polar surface area (TPSA) is 9.23 Å². The van der Waals surface area contributed by atoms with Crippen molar-refractivity contribution in [2.75, 3.05) is 7.11 Å². The minimum atomic E-state index is 0.0491. The van der Waals surface area contributed by atoms with E-state index in [2.05, 4.69) is 57.4 Å². The second-order valence-corrected chi connectivity index (χ2v) is 6.21. The highest BCUT2D eigenvalue weighted by Gasteiger charge is 2.13. The summed E-state index contributed by atoms with van der Waals surface area (Å²) < 4.78 is 5.26. The van der Waals surface area contributed by atoms with E-state index in [4.69, 9.17) is 4.74 Å². The maximum absolute atomic E-state index is 5.26. The van der Waals surface area contributed by atoms with E-state index in [1.807, 2.05) is 6.07 Å². The van der Waals surface area contributed by atoms with Crippen molar-refractivity contribution >= 4 is 6.08 Å². The molecule has 0 unspecified atom stereocenters. The number of allylic oxidation sites excluding steroid dienone is 2. The maximum Gasteiger partial charge on any atom is 0.119 e. The maximum atomic E-state index is 5.26. The molecule has 0 aliphatic heterocycles. The molecule has 0 saturated carbocycles. The lowest BCUT2D eigenvalue weighted by Gasteiger charge is -2.17. The molecule has 0 N–H and O–H groups in total. The van der Waals surface area contributed by atoms with E-state index < -0.39 is 0 Å². The number of fused-ring (bicyclic) bond motifs is 1. The molecule has 1 heteroatoms. The van der Waals surface area contributed by atoms with E-state index in [1.165, 1.54) is 16.7 Å². The normalized spacial score (nSPS) is 13.7. The summed E-state index contributed by atoms with van der Waals surface area (Å²) >= 11 is 0. The van der Waals surface area contributed by atoms with Crippen LogP contribution in [0.3, 0.4) is 0 Å². The molecule has 1 nitrogen and oxygen atoms in total. The lowest BCUT2D eigenvalue weighted by atomic mass is 9.87. The number of aryl methyl sites for hydroxylation is 1. The van der Waals surface area contributed by atoms with Gasteiger partial charge in [0.25, 0.3) is 0 Å². The molecule has 104 valence electrons. The quantitative estimate of drug-likeness (QED) is 0.673. The van der Waals surface area contributed by atoms with Crippen molar-refractivity contribution in [2.45, 2.75) is 33.6 Å². The molecule has 1 aromatic rings. The summed E-state index contributed by atoms with van der Waals surface area (Å²) in [5.74, 6) is 7.41. The smallest absolute Gasteiger partial charge is 0.119 e. The molecular weight excluding hydrogens is 244 g/mol. The van der Waals surface area contributed by atoms with Gasteiger partial charge in [0.15, 0.2) is 0 Å². The van der Waals surface area contributed by atoms with Gasteiger partial charge in [-0.15, -0.1) is 0 Å². The van der Waals surface area contributed by atoms with Gasteiger partial charge >= 0.3 is 0 Å². The van der Waals surface area contributed by atoms with Crippen LogP contribution in [-0.4, -0.2) is 7.11 Å². The Kier molecular flexibility index (Phi) is 4.04. The third kappa shape index (κ3) is 3.33. The van der Waals surface area contributed by atoms with E-state index in [0.717, 1.165) is 24.2 Å². The zero-order valence-corrected chi connectivity index (χ0v) is 12.8. The molecule has 1 aromatic carbocycles. The lowest BCUT2D eigenvalue weighted by molar-refractivity contribution is 0.414. The summed E-state index contributed by atoms with van der Waals surface area (Å²) in [6.45, 7) is 10.5. The summed E-state index contributed by atoms with van der Waals surface area (Å²) in [4.78, 5) is 0. The third-order valence-electron chi connectivity index (χ3n) is 3.62. The average Bonchev–Trinajstić information content (AvgIpc) is 2.42. The summed E-state index contributed by atoms with van der Waals surface area (Å²) in [6.07, 6.45) is 4.20. The van der Waals surface area contributed by atoms with Crippen LogP contribution in [0.25, 0.3) is 6.08 Å². The minimum Gasteiger partial charge on any atom is -0.497 e. The highest BCUT2D eigenvalue weighted by Crippen LogP contribution is 2.27. The fourth-order valence-electron chi connectivity index (χ4n) is 2.04. The Labute approximate surface area is 122 Å². The van der Waals surface area contributed by atoms with Crippen LogP contribution in [0.1, 0.15) is 38.3 Å². The van der Waals surface area contributed by atoms with Crippen LogP contribution in [0.4, 0.5) is 0 Å². The molecular formula is C19H22O. The van der Waals surface area contributed by atoms with Crippen molar-refractivity contribution in [3.63, 3.8) is 0 Å². The van der Waals surface area contributed by atoms with Crippen molar-refractivity contribution < 1.29 is 4.74 Å². The number of benzene rings is 1. The largest absolute Gasteiger partial charge is 0.497 e. The Morgan fingerprint density at radius 1 is 1.25 bits per heavy atom. The molecule has 0 saturated heterocycles. The molecule has 2 rings (SSSR count). The standard InChI is InChI=1S/C19H22O/c1-14(19(2,3)4)6-7-15-8-9-17-13-18(20-5)11-10-16(17)12-15/h10-13H,1,8-9H2,2-5H3. The van der Waals surface area contributed by atoms with Crippen LogP contribution in [-0.2, 0) is 6.42 Å². The molecule has 0 amide bonds. The monoisotopic (exact) mass is 266 g/mol. The second-order valence-electron chi connectivity index (χ2n) is 6.21. The van der Waals surface area contributed by atoms with Crippen molar-refractivity contribution in [1.29, 1.82) is 0 Å². The van der Waals surface area contributed by atoms with Crippen molar-refractivity contribution in [3.05, 3.63) is 47.1 Å². The zero-order valence-electron chi connectivity index (χ0n) is 12.8. The first kappa shape index (κ1) is 14.5. The predicted molar refractivity (Wildman–Crippen MR) is 85.7 cm³/mol. The van der Waals surface area contributed by atoms with Gasteiger partial charge in [-0.2, -0.15) is 0 Å². The average molecular weight is 266 g/mol. The zero-order chi connectivity index (χ0) is 14.8. The van der Waals surface area contributed by atoms with Gasteiger partial charge < -0.3 is 4.74 Å². The molecule has 1 aliphatic rings. The second kappa shape index (κ2) is 5.59. The summed E-state index contributed by atoms with van der Waals surface area (Å²) in [6, 6.07) is 6.22. The first-order valence-electron chi connectivity index (χ1n) is 6.99. The van der Waals surface area contributed by atoms with Gasteiger partial charge in [0.2, 0.25) is 0 Å². The molecule has 0 aromatic heterocycles. The van der Waals surface area contributed by atoms with Gasteiger partial charge in [0, 0.05) is 11.1 Å². The van der Waals surface area contributed by atoms with Gasteiger partial charge in [-0.1, -0.05) is 45.3 Å². The Bertz CT molecular complexity index is 615. The SMILES string of the molecule is C=C(C#CC1=Cc2ccc(OC)cc2CC1)C(C)(C)C. The van der Waals surface area contributed by atoms with Crippen LogP contribution in [0.15, 0.2) is 35.9 Å². The van der Waals surface area contributed by atoms with Crippen LogP contribution < -0.4 is 4.74 Å². The molecule has 0 bridgehead atoms. The van der Waals surface area contributed by atoms with Gasteiger partial charge in [-0.3, -0.25) is 0 Å². The van der Waals surface area contributed by atoms with Crippen molar-refractivity contribution in [3.8, 4) is 17.6 Å². The fraction of sp³-hybridized carbons (Fsp3) is 0.368. The molecule has 0 atom stereocenters. The summed E-state index contributed by atoms with van der Waals surface area (Å²) in [5.41, 5.74) is 4.81. The molecule has 0 spiro atoms. The first-order valence-corrected chi connectivity index (χ1v) is 6.99. The van der Waals surface area contributed by atoms with Gasteiger partial charge in [-0.05, 0) is 47.6 Å². The number of rotatable bonds is 1. The summed E-state index contributed by atoms with van der Waals surface area (Å²) in [5, 5.41) is 0. The van der Waals surface area contributed by atoms with E-state index in [1.54, 1.807) is 7.11 Å². The number of hydrogen-bond donors (Lipinski definition) is 0. The highest BCUT2D eigenvalue weighted by atomic mass is 16.5.